The molecule has 0 radical (unpaired) electrons. The summed E-state index contributed by atoms with van der Waals surface area (Å²) in [5.41, 5.74) is 2.97. The van der Waals surface area contributed by atoms with Gasteiger partial charge in [0.1, 0.15) is 11.6 Å². The first kappa shape index (κ1) is 15.6. The largest absolute Gasteiger partial charge is 0.369 e. The number of nitrogens with one attached hydrogen (secondary N) is 2. The van der Waals surface area contributed by atoms with Crippen molar-refractivity contribution in [2.45, 2.75) is 44.2 Å². The Balaban J connectivity index is 1.32. The van der Waals surface area contributed by atoms with Crippen LogP contribution in [0.3, 0.4) is 0 Å². The molecule has 1 unspecified atom stereocenters. The Morgan fingerprint density at radius 1 is 1.12 bits per heavy atom. The molecule has 24 heavy (non-hydrogen) atoms. The van der Waals surface area contributed by atoms with E-state index in [0.717, 1.165) is 51.3 Å². The molecule has 1 saturated heterocycles. The second-order valence-electron chi connectivity index (χ2n) is 6.79. The first-order valence-corrected chi connectivity index (χ1v) is 8.66. The van der Waals surface area contributed by atoms with Crippen molar-refractivity contribution in [2.24, 2.45) is 0 Å². The average molecular weight is 332 g/mol. The van der Waals surface area contributed by atoms with E-state index in [9.17, 15) is 8.78 Å². The van der Waals surface area contributed by atoms with E-state index in [2.05, 4.69) is 15.3 Å². The molecule has 2 N–H and O–H groups in total. The van der Waals surface area contributed by atoms with E-state index in [1.807, 2.05) is 4.90 Å². The van der Waals surface area contributed by atoms with E-state index in [4.69, 9.17) is 0 Å². The summed E-state index contributed by atoms with van der Waals surface area (Å²) in [6.07, 6.45) is 6.87. The molecule has 0 saturated carbocycles. The summed E-state index contributed by atoms with van der Waals surface area (Å²) in [6.45, 7) is 1.59. The molecule has 4 nitrogen and oxygen atoms in total. The predicted molar refractivity (Wildman–Crippen MR) is 89.1 cm³/mol. The number of hydrogen-bond acceptors (Lipinski definition) is 3. The van der Waals surface area contributed by atoms with Gasteiger partial charge in [-0.3, -0.25) is 0 Å². The number of aryl methyl sites for hydroxylation is 1. The Hall–Kier alpha value is -1.95. The molecule has 1 aliphatic carbocycles. The van der Waals surface area contributed by atoms with Crippen LogP contribution in [0, 0.1) is 11.6 Å². The molecule has 6 heteroatoms. The Morgan fingerprint density at radius 2 is 1.96 bits per heavy atom. The zero-order valence-electron chi connectivity index (χ0n) is 13.6. The number of piperidine rings is 1. The van der Waals surface area contributed by atoms with E-state index in [1.165, 1.54) is 17.5 Å². The van der Waals surface area contributed by atoms with Crippen molar-refractivity contribution >= 4 is 5.69 Å². The zero-order chi connectivity index (χ0) is 16.5. The molecule has 1 atom stereocenters. The van der Waals surface area contributed by atoms with Crippen LogP contribution in [0.2, 0.25) is 0 Å². The summed E-state index contributed by atoms with van der Waals surface area (Å²) in [6, 6.07) is 4.77. The second kappa shape index (κ2) is 6.51. The van der Waals surface area contributed by atoms with Gasteiger partial charge in [-0.15, -0.1) is 0 Å². The fraction of sp³-hybridized carbons (Fsp3) is 0.500. The van der Waals surface area contributed by atoms with Crippen LogP contribution in [-0.2, 0) is 12.8 Å². The molecule has 1 aromatic carbocycles. The van der Waals surface area contributed by atoms with Gasteiger partial charge in [-0.25, -0.2) is 13.8 Å². The number of H-pyrrole nitrogens is 1. The lowest BCUT2D eigenvalue weighted by molar-refractivity contribution is 0.342. The summed E-state index contributed by atoms with van der Waals surface area (Å²) in [5, 5.41) is 3.76. The van der Waals surface area contributed by atoms with Crippen molar-refractivity contribution in [1.82, 2.24) is 15.3 Å². The Kier molecular flexibility index (Phi) is 4.22. The van der Waals surface area contributed by atoms with Gasteiger partial charge < -0.3 is 15.2 Å². The summed E-state index contributed by atoms with van der Waals surface area (Å²) in [4.78, 5) is 9.59. The van der Waals surface area contributed by atoms with E-state index < -0.39 is 11.6 Å². The molecule has 0 spiro atoms. The number of imidazole rings is 1. The first-order chi connectivity index (χ1) is 11.7. The van der Waals surface area contributed by atoms with E-state index in [-0.39, 0.29) is 0 Å². The maximum absolute atomic E-state index is 13.9. The van der Waals surface area contributed by atoms with E-state index in [0.29, 0.717) is 17.8 Å². The number of nitrogens with zero attached hydrogens (tertiary/aromatic N) is 2. The Morgan fingerprint density at radius 3 is 2.75 bits per heavy atom. The van der Waals surface area contributed by atoms with Crippen LogP contribution in [-0.4, -0.2) is 35.1 Å². The molecule has 1 fully saturated rings. The predicted octanol–water partition coefficient (Wildman–Crippen LogP) is 2.80. The summed E-state index contributed by atoms with van der Waals surface area (Å²) in [7, 11) is 0. The van der Waals surface area contributed by atoms with Crippen molar-refractivity contribution in [3.8, 4) is 0 Å². The normalized spacial score (nSPS) is 21.8. The lowest BCUT2D eigenvalue weighted by atomic mass is 9.94. The van der Waals surface area contributed by atoms with E-state index >= 15 is 0 Å². The minimum absolute atomic E-state index is 0.458. The van der Waals surface area contributed by atoms with Gasteiger partial charge >= 0.3 is 0 Å². The minimum Gasteiger partial charge on any atom is -0.369 e. The highest BCUT2D eigenvalue weighted by atomic mass is 19.1. The number of halogens is 2. The first-order valence-electron chi connectivity index (χ1n) is 8.66. The van der Waals surface area contributed by atoms with Gasteiger partial charge in [-0.1, -0.05) is 0 Å². The van der Waals surface area contributed by atoms with Crippen molar-refractivity contribution in [2.75, 3.05) is 18.0 Å². The SMILES string of the molecule is Fc1ccc(N2CCC(NC3CCc4nc[nH]c4C3)CC2)c(F)c1. The van der Waals surface area contributed by atoms with Gasteiger partial charge in [0.25, 0.3) is 0 Å². The van der Waals surface area contributed by atoms with Gasteiger partial charge in [0.2, 0.25) is 0 Å². The molecule has 2 aromatic rings. The number of anilines is 1. The molecule has 1 aromatic heterocycles. The van der Waals surface area contributed by atoms with Gasteiger partial charge in [0, 0.05) is 43.4 Å². The average Bonchev–Trinajstić information content (AvgIpc) is 3.04. The number of benzene rings is 1. The molecule has 2 aliphatic rings. The third kappa shape index (κ3) is 3.15. The van der Waals surface area contributed by atoms with Crippen LogP contribution < -0.4 is 10.2 Å². The van der Waals surface area contributed by atoms with Crippen molar-refractivity contribution in [1.29, 1.82) is 0 Å². The quantitative estimate of drug-likeness (QED) is 0.908. The third-order valence-electron chi connectivity index (χ3n) is 5.20. The number of aromatic nitrogens is 2. The van der Waals surface area contributed by atoms with E-state index in [1.54, 1.807) is 12.4 Å². The molecule has 2 heterocycles. The van der Waals surface area contributed by atoms with Crippen LogP contribution >= 0.6 is 0 Å². The van der Waals surface area contributed by atoms with Crippen molar-refractivity contribution in [3.63, 3.8) is 0 Å². The number of aromatic amines is 1. The Bertz CT molecular complexity index is 707. The van der Waals surface area contributed by atoms with Crippen LogP contribution in [0.25, 0.3) is 0 Å². The van der Waals surface area contributed by atoms with Gasteiger partial charge in [0.05, 0.1) is 17.7 Å². The highest BCUT2D eigenvalue weighted by Gasteiger charge is 2.26. The second-order valence-corrected chi connectivity index (χ2v) is 6.79. The van der Waals surface area contributed by atoms with Crippen LogP contribution in [0.4, 0.5) is 14.5 Å². The highest BCUT2D eigenvalue weighted by Crippen LogP contribution is 2.25. The molecular weight excluding hydrogens is 310 g/mol. The molecule has 128 valence electrons. The zero-order valence-corrected chi connectivity index (χ0v) is 13.6. The fourth-order valence-corrected chi connectivity index (χ4v) is 3.90. The van der Waals surface area contributed by atoms with Gasteiger partial charge in [-0.05, 0) is 37.8 Å². The monoisotopic (exact) mass is 332 g/mol. The molecule has 0 amide bonds. The number of rotatable bonds is 3. The number of hydrogen-bond donors (Lipinski definition) is 2. The van der Waals surface area contributed by atoms with Crippen LogP contribution in [0.5, 0.6) is 0 Å². The summed E-state index contributed by atoms with van der Waals surface area (Å²) >= 11 is 0. The lowest BCUT2D eigenvalue weighted by Gasteiger charge is -2.36. The smallest absolute Gasteiger partial charge is 0.149 e. The summed E-state index contributed by atoms with van der Waals surface area (Å²) < 4.78 is 27.0. The maximum atomic E-state index is 13.9. The fourth-order valence-electron chi connectivity index (χ4n) is 3.90. The highest BCUT2D eigenvalue weighted by molar-refractivity contribution is 5.48. The molecular formula is C18H22F2N4. The maximum Gasteiger partial charge on any atom is 0.149 e. The van der Waals surface area contributed by atoms with Crippen molar-refractivity contribution in [3.05, 3.63) is 47.5 Å². The van der Waals surface area contributed by atoms with Crippen LogP contribution in [0.1, 0.15) is 30.7 Å². The summed E-state index contributed by atoms with van der Waals surface area (Å²) in [5.74, 6) is -0.997. The number of fused-ring (bicyclic) bond motifs is 1. The van der Waals surface area contributed by atoms with Gasteiger partial charge in [0.15, 0.2) is 0 Å². The molecule has 4 rings (SSSR count). The molecule has 0 bridgehead atoms. The minimum atomic E-state index is -0.525. The lowest BCUT2D eigenvalue weighted by Crippen LogP contribution is -2.48. The van der Waals surface area contributed by atoms with Gasteiger partial charge in [-0.2, -0.15) is 0 Å². The van der Waals surface area contributed by atoms with Crippen LogP contribution in [0.15, 0.2) is 24.5 Å². The molecule has 1 aliphatic heterocycles. The standard InChI is InChI=1S/C18H22F2N4/c19-12-1-4-18(15(20)9-12)24-7-5-13(6-8-24)23-14-2-3-16-17(10-14)22-11-21-16/h1,4,9,11,13-14,23H,2-3,5-8,10H2,(H,21,22). The third-order valence-corrected chi connectivity index (χ3v) is 5.20. The Labute approximate surface area is 140 Å². The topological polar surface area (TPSA) is 44.0 Å². The van der Waals surface area contributed by atoms with Crippen molar-refractivity contribution < 1.29 is 8.78 Å².